The molecule has 0 saturated carbocycles. The smallest absolute Gasteiger partial charge is 0.213 e. The zero-order valence-electron chi connectivity index (χ0n) is 12.2. The van der Waals surface area contributed by atoms with E-state index in [2.05, 4.69) is 15.5 Å². The number of nitrogens with zero attached hydrogens (tertiary/aromatic N) is 3. The minimum atomic E-state index is -0.555. The zero-order chi connectivity index (χ0) is 16.1. The Hall–Kier alpha value is -2.60. The van der Waals surface area contributed by atoms with Crippen molar-refractivity contribution in [2.24, 2.45) is 10.8 Å². The van der Waals surface area contributed by atoms with Crippen molar-refractivity contribution in [3.8, 4) is 0 Å². The van der Waals surface area contributed by atoms with Crippen LogP contribution in [-0.2, 0) is 0 Å². The average molecular weight is 330 g/mol. The molecule has 2 aliphatic rings. The lowest BCUT2D eigenvalue weighted by atomic mass is 9.90. The van der Waals surface area contributed by atoms with Crippen LogP contribution in [-0.4, -0.2) is 17.0 Å². The van der Waals surface area contributed by atoms with Crippen LogP contribution in [0.2, 0.25) is 5.02 Å². The van der Waals surface area contributed by atoms with Gasteiger partial charge in [-0.25, -0.2) is 4.98 Å². The maximum Gasteiger partial charge on any atom is 0.213 e. The Labute approximate surface area is 137 Å². The van der Waals surface area contributed by atoms with Gasteiger partial charge < -0.3 is 10.6 Å². The molecule has 1 aromatic heterocycles. The zero-order valence-corrected chi connectivity index (χ0v) is 13.0. The fraction of sp³-hybridized carbons (Fsp3) is 0.125. The number of halogens is 2. The summed E-state index contributed by atoms with van der Waals surface area (Å²) >= 11 is 6.17. The van der Waals surface area contributed by atoms with Crippen LogP contribution in [0.1, 0.15) is 18.1 Å². The molecule has 0 spiro atoms. The summed E-state index contributed by atoms with van der Waals surface area (Å²) in [6, 6.07) is 8.66. The molecular formula is C16H13ClFN5. The number of anilines is 1. The van der Waals surface area contributed by atoms with Gasteiger partial charge in [-0.05, 0) is 36.8 Å². The highest BCUT2D eigenvalue weighted by molar-refractivity contribution is 6.31. The third kappa shape index (κ3) is 2.06. The molecule has 0 bridgehead atoms. The summed E-state index contributed by atoms with van der Waals surface area (Å²) in [5.41, 5.74) is 13.1. The predicted molar refractivity (Wildman–Crippen MR) is 88.4 cm³/mol. The van der Waals surface area contributed by atoms with Crippen molar-refractivity contribution in [2.45, 2.75) is 13.1 Å². The Kier molecular flexibility index (Phi) is 3.02. The second kappa shape index (κ2) is 4.96. The molecule has 1 atom stereocenters. The maximum absolute atomic E-state index is 13.6. The number of hydrogen-bond acceptors (Lipinski definition) is 5. The van der Waals surface area contributed by atoms with Crippen molar-refractivity contribution in [1.82, 2.24) is 10.4 Å². The molecule has 2 aromatic rings. The minimum absolute atomic E-state index is 0.296. The first kappa shape index (κ1) is 14.0. The topological polar surface area (TPSA) is 66.5 Å². The lowest BCUT2D eigenvalue weighted by molar-refractivity contribution is 0.583. The molecule has 3 heterocycles. The molecule has 3 N–H and O–H groups in total. The second-order valence-corrected chi connectivity index (χ2v) is 5.86. The highest BCUT2D eigenvalue weighted by Gasteiger charge is 2.37. The van der Waals surface area contributed by atoms with Gasteiger partial charge in [-0.3, -0.25) is 5.43 Å². The van der Waals surface area contributed by atoms with Gasteiger partial charge in [-0.15, -0.1) is 0 Å². The van der Waals surface area contributed by atoms with E-state index >= 15 is 0 Å². The quantitative estimate of drug-likeness (QED) is 0.789. The largest absolute Gasteiger partial charge is 0.398 e. The van der Waals surface area contributed by atoms with Gasteiger partial charge >= 0.3 is 0 Å². The van der Waals surface area contributed by atoms with Crippen LogP contribution in [0.25, 0.3) is 5.57 Å². The molecule has 0 fully saturated rings. The molecular weight excluding hydrogens is 317 g/mol. The van der Waals surface area contributed by atoms with Crippen LogP contribution in [0.15, 0.2) is 47.3 Å². The summed E-state index contributed by atoms with van der Waals surface area (Å²) in [4.78, 5) is 5.61. The first-order valence-corrected chi connectivity index (χ1v) is 7.44. The second-order valence-electron chi connectivity index (χ2n) is 5.42. The van der Waals surface area contributed by atoms with E-state index < -0.39 is 5.95 Å². The Bertz CT molecular complexity index is 877. The van der Waals surface area contributed by atoms with Gasteiger partial charge in [-0.2, -0.15) is 9.49 Å². The van der Waals surface area contributed by atoms with Gasteiger partial charge in [0.05, 0.1) is 11.4 Å². The SMILES string of the molecule is CC1=NNC2C(N)=C(c3ccnc(F)c3)c3cc(Cl)ccc3N12. The van der Waals surface area contributed by atoms with Crippen molar-refractivity contribution in [1.29, 1.82) is 0 Å². The van der Waals surface area contributed by atoms with E-state index in [1.54, 1.807) is 6.07 Å². The number of fused-ring (bicyclic) bond motifs is 3. The number of rotatable bonds is 1. The lowest BCUT2D eigenvalue weighted by Gasteiger charge is -2.35. The summed E-state index contributed by atoms with van der Waals surface area (Å²) in [6.07, 6.45) is 1.13. The number of benzene rings is 1. The van der Waals surface area contributed by atoms with Crippen LogP contribution in [0.4, 0.5) is 10.1 Å². The third-order valence-corrected chi connectivity index (χ3v) is 4.28. The molecule has 4 rings (SSSR count). The number of aromatic nitrogens is 1. The fourth-order valence-corrected chi connectivity index (χ4v) is 3.24. The summed E-state index contributed by atoms with van der Waals surface area (Å²) < 4.78 is 13.6. The Morgan fingerprint density at radius 2 is 2.13 bits per heavy atom. The van der Waals surface area contributed by atoms with Gasteiger partial charge in [0.2, 0.25) is 5.95 Å². The molecule has 1 aromatic carbocycles. The molecule has 1 unspecified atom stereocenters. The molecule has 0 amide bonds. The van der Waals surface area contributed by atoms with E-state index in [1.807, 2.05) is 30.0 Å². The summed E-state index contributed by atoms with van der Waals surface area (Å²) in [7, 11) is 0. The fourth-order valence-electron chi connectivity index (χ4n) is 3.07. The van der Waals surface area contributed by atoms with Crippen LogP contribution >= 0.6 is 11.6 Å². The van der Waals surface area contributed by atoms with Gasteiger partial charge in [-0.1, -0.05) is 11.6 Å². The molecule has 5 nitrogen and oxygen atoms in total. The van der Waals surface area contributed by atoms with E-state index in [1.165, 1.54) is 12.3 Å². The lowest BCUT2D eigenvalue weighted by Crippen LogP contribution is -2.46. The van der Waals surface area contributed by atoms with Gasteiger partial charge in [0, 0.05) is 28.4 Å². The Balaban J connectivity index is 2.00. The first-order chi connectivity index (χ1) is 11.1. The van der Waals surface area contributed by atoms with E-state index in [0.717, 1.165) is 22.7 Å². The normalized spacial score (nSPS) is 19.2. The average Bonchev–Trinajstić information content (AvgIpc) is 2.90. The number of amidine groups is 1. The van der Waals surface area contributed by atoms with E-state index in [0.29, 0.717) is 16.3 Å². The summed E-state index contributed by atoms with van der Waals surface area (Å²) in [5.74, 6) is 0.252. The summed E-state index contributed by atoms with van der Waals surface area (Å²) in [6.45, 7) is 1.90. The molecule has 23 heavy (non-hydrogen) atoms. The molecule has 2 aliphatic heterocycles. The van der Waals surface area contributed by atoms with Crippen molar-refractivity contribution in [3.63, 3.8) is 0 Å². The molecule has 0 saturated heterocycles. The maximum atomic E-state index is 13.6. The molecule has 0 aliphatic carbocycles. The molecule has 7 heteroatoms. The van der Waals surface area contributed by atoms with Crippen molar-refractivity contribution < 1.29 is 4.39 Å². The first-order valence-electron chi connectivity index (χ1n) is 7.07. The van der Waals surface area contributed by atoms with E-state index in [4.69, 9.17) is 17.3 Å². The van der Waals surface area contributed by atoms with Gasteiger partial charge in [0.15, 0.2) is 6.17 Å². The van der Waals surface area contributed by atoms with Crippen molar-refractivity contribution in [2.75, 3.05) is 4.90 Å². The number of nitrogens with one attached hydrogen (secondary N) is 1. The van der Waals surface area contributed by atoms with Crippen molar-refractivity contribution in [3.05, 3.63) is 64.3 Å². The van der Waals surface area contributed by atoms with Crippen LogP contribution in [0.5, 0.6) is 0 Å². The number of nitrogens with two attached hydrogens (primary N) is 1. The van der Waals surface area contributed by atoms with Gasteiger partial charge in [0.25, 0.3) is 0 Å². The van der Waals surface area contributed by atoms with Crippen LogP contribution in [0, 0.1) is 5.95 Å². The van der Waals surface area contributed by atoms with Crippen LogP contribution < -0.4 is 16.1 Å². The minimum Gasteiger partial charge on any atom is -0.398 e. The summed E-state index contributed by atoms with van der Waals surface area (Å²) in [5, 5.41) is 4.84. The Morgan fingerprint density at radius 1 is 1.30 bits per heavy atom. The van der Waals surface area contributed by atoms with Crippen molar-refractivity contribution >= 4 is 28.7 Å². The third-order valence-electron chi connectivity index (χ3n) is 4.04. The number of pyridine rings is 1. The van der Waals surface area contributed by atoms with Gasteiger partial charge in [0.1, 0.15) is 5.84 Å². The monoisotopic (exact) mass is 329 g/mol. The van der Waals surface area contributed by atoms with E-state index in [9.17, 15) is 4.39 Å². The Morgan fingerprint density at radius 3 is 2.91 bits per heavy atom. The highest BCUT2D eigenvalue weighted by atomic mass is 35.5. The molecule has 116 valence electrons. The predicted octanol–water partition coefficient (Wildman–Crippen LogP) is 2.67. The van der Waals surface area contributed by atoms with Crippen LogP contribution in [0.3, 0.4) is 0 Å². The highest BCUT2D eigenvalue weighted by Crippen LogP contribution is 2.41. The number of hydrogen-bond donors (Lipinski definition) is 2. The van der Waals surface area contributed by atoms with E-state index in [-0.39, 0.29) is 6.17 Å². The standard InChI is InChI=1S/C16H13ClFN5/c1-8-21-22-16-15(19)14(9-4-5-20-13(18)6-9)11-7-10(17)2-3-12(11)23(8)16/h2-7,16,22H,19H2,1H3. The number of hydrazone groups is 1. The molecule has 0 radical (unpaired) electrons.